The number of halogens is 7. The van der Waals surface area contributed by atoms with Crippen LogP contribution in [0.3, 0.4) is 0 Å². The summed E-state index contributed by atoms with van der Waals surface area (Å²) in [7, 11) is 0. The Hall–Kier alpha value is -5.02. The third kappa shape index (κ3) is 27.4. The third-order valence-corrected chi connectivity index (χ3v) is 16.4. The monoisotopic (exact) mass is 1500 g/mol. The van der Waals surface area contributed by atoms with Crippen LogP contribution in [0.2, 0.25) is 15.1 Å². The minimum atomic E-state index is -1.02. The molecule has 0 saturated heterocycles. The summed E-state index contributed by atoms with van der Waals surface area (Å²) >= 11 is 22.4. The van der Waals surface area contributed by atoms with Crippen LogP contribution in [0, 0.1) is 17.5 Å². The van der Waals surface area contributed by atoms with E-state index >= 15 is 0 Å². The first kappa shape index (κ1) is 87.2. The van der Waals surface area contributed by atoms with Crippen LogP contribution < -0.4 is 141 Å². The number of aryl methyl sites for hydroxylation is 1. The minimum absolute atomic E-state index is 0. The van der Waals surface area contributed by atoms with Gasteiger partial charge < -0.3 is 70.0 Å². The number of alkyl halides is 1. The van der Waals surface area contributed by atoms with E-state index in [1.165, 1.54) is 38.5 Å². The van der Waals surface area contributed by atoms with E-state index in [1.807, 2.05) is 0 Å². The van der Waals surface area contributed by atoms with Gasteiger partial charge in [0.15, 0.2) is 11.4 Å². The SMILES string of the molecule is NC(=O)c1nn(CC(=O)N(CC(=O)NCc2cccc(Cl)c2F)[C@@H]2CCC[C@H]2O)c2ccccc12.NC(=O)c1nn(CC(=O)O)c2ccccc12.N[C@@H]1CCC[C@H]1O.O=C(CCl)CCc1cccc(Cl)c1F.O=C(CN[C@@H]1CCC[C@H]1O)NCc1cccc(Cl)c1F.O=CO[O-].[H-].[K+].[K+]. The number of carbonyl (C=O) groups excluding carboxylic acids is 7. The third-order valence-electron chi connectivity index (χ3n) is 15.3. The topological polar surface area (TPSA) is 403 Å². The number of nitrogens with zero attached hydrogens (tertiary/aromatic N) is 5. The average molecular weight is 1500 g/mol. The Morgan fingerprint density at radius 1 is 0.643 bits per heavy atom. The molecular formula is C64H74Cl4F3K2N11O14. The van der Waals surface area contributed by atoms with Crippen molar-refractivity contribution in [3.63, 3.8) is 0 Å². The summed E-state index contributed by atoms with van der Waals surface area (Å²) in [5, 5.41) is 63.6. The van der Waals surface area contributed by atoms with E-state index in [1.54, 1.807) is 78.9 Å². The molecule has 3 aliphatic rings. The molecule has 25 nitrogen and oxygen atoms in total. The number of carboxylic acids is 1. The van der Waals surface area contributed by atoms with Crippen LogP contribution in [0.1, 0.15) is 103 Å². The fourth-order valence-electron chi connectivity index (χ4n) is 10.4. The van der Waals surface area contributed by atoms with Gasteiger partial charge in [-0.15, -0.1) is 11.6 Å². The number of carboxylic acid groups (broad SMARTS) is 1. The van der Waals surface area contributed by atoms with E-state index in [2.05, 4.69) is 31.0 Å². The standard InChI is InChI=1S/C24H25ClFN5O4.C14H18ClFN2O2.C10H9Cl2FO.C10H9N3O3.C5H11NO.CH2O3.2K.H/c25-16-7-3-5-14(22(16)26)11-28-20(33)12-30(18-9-4-10-19(18)32)21(34)13-31-17-8-2-1-6-15(17)23(29-31)24(27)35;15-10-4-1-3-9(14(10)16)7-18-13(20)8-17-11-5-2-6-12(11)19;11-6-8(14)5-4-7-2-1-3-9(12)10(7)13;11-10(16)9-6-3-1-2-4-7(6)13(12-9)5-8(14)15;6-4-2-1-3-5(4)7;2-1-4-3;;;/h1-3,5-8,18-19,32H,4,9-13H2,(H2,27,35)(H,28,33);1,3-4,11-12,17,19H,2,5-8H2,(H,18,20);1-3H,4-6H2;1-4H,5H2,(H2,11,16)(H,14,15);4-5,7H,1-3,6H2;1,3H;;;/q;;;;;;2*+1;-1/p-1/t18-,19-;11-,12-;;;4-,5-;;;;/m11..1..../s1. The fraction of sp³-hybridized carbons (Fsp3) is 0.375. The van der Waals surface area contributed by atoms with E-state index in [9.17, 15) is 56.9 Å². The van der Waals surface area contributed by atoms with Crippen LogP contribution in [0.5, 0.6) is 0 Å². The van der Waals surface area contributed by atoms with Crippen molar-refractivity contribution < 1.29 is 186 Å². The molecule has 0 spiro atoms. The van der Waals surface area contributed by atoms with Crippen LogP contribution in [-0.2, 0) is 66.3 Å². The van der Waals surface area contributed by atoms with E-state index in [4.69, 9.17) is 83.9 Å². The normalized spacial score (nSPS) is 17.1. The van der Waals surface area contributed by atoms with E-state index in [0.717, 1.165) is 38.5 Å². The molecule has 3 saturated carbocycles. The number of aliphatic carboxylic acids is 1. The maximum absolute atomic E-state index is 14.1. The van der Waals surface area contributed by atoms with Crippen molar-refractivity contribution in [2.75, 3.05) is 19.0 Å². The van der Waals surface area contributed by atoms with Crippen molar-refractivity contribution in [1.82, 2.24) is 40.4 Å². The molecule has 98 heavy (non-hydrogen) atoms. The van der Waals surface area contributed by atoms with Crippen molar-refractivity contribution in [3.8, 4) is 0 Å². The molecule has 3 fully saturated rings. The molecule has 3 aliphatic carbocycles. The van der Waals surface area contributed by atoms with Gasteiger partial charge in [0.1, 0.15) is 36.3 Å². The largest absolute Gasteiger partial charge is 1.00 e. The quantitative estimate of drug-likeness (QED) is 0.0142. The number of Topliss-reactive ketones (excluding diaryl/α,β-unsaturated/α-hetero) is 1. The number of hydrogen-bond donors (Lipinski definition) is 10. The summed E-state index contributed by atoms with van der Waals surface area (Å²) in [5.74, 6) is -5.30. The van der Waals surface area contributed by atoms with E-state index < -0.39 is 59.2 Å². The predicted octanol–water partition coefficient (Wildman–Crippen LogP) is -0.562. The molecule has 5 amide bonds. The van der Waals surface area contributed by atoms with Crippen molar-refractivity contribution >= 4 is 116 Å². The number of rotatable bonds is 21. The zero-order chi connectivity index (χ0) is 70.6. The zero-order valence-electron chi connectivity index (χ0n) is 54.6. The number of aromatic nitrogens is 4. The molecule has 0 radical (unpaired) electrons. The summed E-state index contributed by atoms with van der Waals surface area (Å²) in [5.41, 5.74) is 18.3. The second kappa shape index (κ2) is 45.1. The van der Waals surface area contributed by atoms with Crippen molar-refractivity contribution in [1.29, 1.82) is 0 Å². The van der Waals surface area contributed by atoms with E-state index in [-0.39, 0.29) is 230 Å². The van der Waals surface area contributed by atoms with Crippen LogP contribution in [0.4, 0.5) is 13.2 Å². The minimum Gasteiger partial charge on any atom is -1.00 e. The first-order valence-corrected chi connectivity index (χ1v) is 31.6. The fourth-order valence-corrected chi connectivity index (χ4v) is 11.1. The number of fused-ring (bicyclic) bond motifs is 2. The van der Waals surface area contributed by atoms with Gasteiger partial charge in [-0.2, -0.15) is 10.2 Å². The number of para-hydroxylation sites is 2. The Labute approximate surface area is 668 Å². The second-order valence-corrected chi connectivity index (χ2v) is 23.4. The maximum atomic E-state index is 14.1. The second-order valence-electron chi connectivity index (χ2n) is 22.0. The van der Waals surface area contributed by atoms with Crippen molar-refractivity contribution in [2.24, 2.45) is 17.2 Å². The Morgan fingerprint density at radius 3 is 1.51 bits per heavy atom. The molecule has 10 rings (SSSR count). The molecule has 6 atom stereocenters. The molecule has 520 valence electrons. The molecule has 34 heteroatoms. The number of aliphatic hydroxyl groups is 3. The van der Waals surface area contributed by atoms with Crippen LogP contribution in [-0.4, -0.2) is 148 Å². The van der Waals surface area contributed by atoms with Crippen LogP contribution in [0.15, 0.2) is 103 Å². The van der Waals surface area contributed by atoms with Crippen molar-refractivity contribution in [3.05, 3.63) is 164 Å². The molecule has 0 aliphatic heterocycles. The molecule has 7 aromatic rings. The van der Waals surface area contributed by atoms with Gasteiger partial charge in [0.25, 0.3) is 18.3 Å². The molecule has 2 heterocycles. The zero-order valence-corrected chi connectivity index (χ0v) is 62.8. The number of aliphatic hydroxyl groups excluding tert-OH is 3. The molecule has 5 aromatic carbocycles. The van der Waals surface area contributed by atoms with Gasteiger partial charge in [-0.25, -0.2) is 13.2 Å². The summed E-state index contributed by atoms with van der Waals surface area (Å²) in [4.78, 5) is 94.7. The van der Waals surface area contributed by atoms with Crippen LogP contribution in [0.25, 0.3) is 21.8 Å². The predicted molar refractivity (Wildman–Crippen MR) is 349 cm³/mol. The van der Waals surface area contributed by atoms with Crippen molar-refractivity contribution in [2.45, 2.75) is 133 Å². The maximum Gasteiger partial charge on any atom is 1.00 e. The number of hydrogen-bond acceptors (Lipinski definition) is 17. The molecular weight excluding hydrogens is 1420 g/mol. The number of ketones is 1. The number of primary amides is 2. The summed E-state index contributed by atoms with van der Waals surface area (Å²) in [6.07, 6.45) is 6.61. The summed E-state index contributed by atoms with van der Waals surface area (Å²) < 4.78 is 43.6. The number of nitrogens with one attached hydrogen (secondary N) is 3. The summed E-state index contributed by atoms with van der Waals surface area (Å²) in [6.45, 7) is -0.956. The molecule has 2 aromatic heterocycles. The van der Waals surface area contributed by atoms with Gasteiger partial charge in [0, 0.05) is 53.5 Å². The van der Waals surface area contributed by atoms with Crippen LogP contribution >= 0.6 is 46.4 Å². The van der Waals surface area contributed by atoms with Gasteiger partial charge in [0.05, 0.1) is 69.4 Å². The number of carbonyl (C=O) groups is 8. The Bertz CT molecular complexity index is 3810. The number of benzene rings is 5. The number of nitrogens with two attached hydrogens (primary N) is 3. The molecule has 13 N–H and O–H groups in total. The number of amides is 5. The molecule has 0 unspecified atom stereocenters. The van der Waals surface area contributed by atoms with Gasteiger partial charge in [0.2, 0.25) is 17.7 Å². The van der Waals surface area contributed by atoms with Gasteiger partial charge >= 0.3 is 109 Å². The molecule has 0 bridgehead atoms. The average Bonchev–Trinajstić information content (AvgIpc) is 1.65. The van der Waals surface area contributed by atoms with Gasteiger partial charge in [-0.3, -0.25) is 47.7 Å². The van der Waals surface area contributed by atoms with Gasteiger partial charge in [-0.05, 0) is 100 Å². The Balaban J connectivity index is 0.000000446. The van der Waals surface area contributed by atoms with E-state index in [0.29, 0.717) is 58.6 Å². The Morgan fingerprint density at radius 2 is 1.09 bits per heavy atom. The first-order chi connectivity index (χ1) is 45.8. The smallest absolute Gasteiger partial charge is 1.00 e. The summed E-state index contributed by atoms with van der Waals surface area (Å²) in [6, 6.07) is 27.1. The first-order valence-electron chi connectivity index (χ1n) is 30.0. The Kier molecular flexibility index (Phi) is 40.1. The van der Waals surface area contributed by atoms with Gasteiger partial charge in [-0.1, -0.05) is 108 Å².